The number of aryl methyl sites for hydroxylation is 3. The topological polar surface area (TPSA) is 43.6 Å². The molecular weight excluding hydrogens is 334 g/mol. The molecule has 1 aliphatic heterocycles. The first-order chi connectivity index (χ1) is 12.6. The average molecular weight is 348 g/mol. The molecule has 1 aliphatic rings. The van der Waals surface area contributed by atoms with E-state index in [1.54, 1.807) is 18.5 Å². The van der Waals surface area contributed by atoms with E-state index in [0.717, 1.165) is 41.1 Å². The van der Waals surface area contributed by atoms with Crippen LogP contribution in [-0.2, 0) is 12.8 Å². The molecule has 128 valence electrons. The summed E-state index contributed by atoms with van der Waals surface area (Å²) in [6, 6.07) is 7.87. The summed E-state index contributed by atoms with van der Waals surface area (Å²) in [5.41, 5.74) is 2.96. The van der Waals surface area contributed by atoms with Gasteiger partial charge in [0.05, 0.1) is 5.69 Å². The molecule has 3 heterocycles. The van der Waals surface area contributed by atoms with Gasteiger partial charge in [0.2, 0.25) is 0 Å². The van der Waals surface area contributed by atoms with E-state index in [2.05, 4.69) is 15.2 Å². The van der Waals surface area contributed by atoms with Crippen LogP contribution in [0.1, 0.15) is 17.2 Å². The molecule has 5 rings (SSSR count). The van der Waals surface area contributed by atoms with Crippen LogP contribution in [0.5, 0.6) is 0 Å². The van der Waals surface area contributed by atoms with Gasteiger partial charge in [-0.3, -0.25) is 9.55 Å². The smallest absolute Gasteiger partial charge is 0.137 e. The largest absolute Gasteiger partial charge is 0.283 e. The Labute approximate surface area is 148 Å². The van der Waals surface area contributed by atoms with Gasteiger partial charge in [0, 0.05) is 35.3 Å². The summed E-state index contributed by atoms with van der Waals surface area (Å²) < 4.78 is 30.5. The highest BCUT2D eigenvalue weighted by Gasteiger charge is 2.22. The number of fused-ring (bicyclic) bond motifs is 4. The highest BCUT2D eigenvalue weighted by Crippen LogP contribution is 2.35. The van der Waals surface area contributed by atoms with Gasteiger partial charge >= 0.3 is 0 Å². The predicted molar refractivity (Wildman–Crippen MR) is 94.2 cm³/mol. The van der Waals surface area contributed by atoms with Crippen LogP contribution in [0.2, 0.25) is 0 Å². The Kier molecular flexibility index (Phi) is 3.16. The molecule has 0 N–H and O–H groups in total. The van der Waals surface area contributed by atoms with Crippen molar-refractivity contribution in [2.75, 3.05) is 0 Å². The second kappa shape index (κ2) is 5.42. The number of hydrogen-bond acceptors (Lipinski definition) is 3. The summed E-state index contributed by atoms with van der Waals surface area (Å²) in [6.45, 7) is 1.86. The van der Waals surface area contributed by atoms with Crippen molar-refractivity contribution < 1.29 is 8.78 Å². The molecule has 0 spiro atoms. The molecule has 2 aromatic heterocycles. The van der Waals surface area contributed by atoms with Gasteiger partial charge in [-0.2, -0.15) is 0 Å². The highest BCUT2D eigenvalue weighted by molar-refractivity contribution is 5.96. The molecule has 0 saturated carbocycles. The number of hydrogen-bond donors (Lipinski definition) is 0. The van der Waals surface area contributed by atoms with Crippen molar-refractivity contribution in [2.24, 2.45) is 0 Å². The Balaban J connectivity index is 1.75. The van der Waals surface area contributed by atoms with E-state index >= 15 is 4.39 Å². The lowest BCUT2D eigenvalue weighted by Gasteiger charge is -2.20. The summed E-state index contributed by atoms with van der Waals surface area (Å²) in [5, 5.41) is 9.69. The third-order valence-electron chi connectivity index (χ3n) is 4.93. The third-order valence-corrected chi connectivity index (χ3v) is 4.93. The van der Waals surface area contributed by atoms with E-state index in [-0.39, 0.29) is 11.6 Å². The van der Waals surface area contributed by atoms with Gasteiger partial charge in [0.25, 0.3) is 0 Å². The predicted octanol–water partition coefficient (Wildman–Crippen LogP) is 4.17. The molecule has 4 aromatic rings. The van der Waals surface area contributed by atoms with Gasteiger partial charge < -0.3 is 0 Å². The van der Waals surface area contributed by atoms with Crippen molar-refractivity contribution >= 4 is 10.8 Å². The minimum absolute atomic E-state index is 0.335. The van der Waals surface area contributed by atoms with Gasteiger partial charge in [0.15, 0.2) is 0 Å². The first kappa shape index (κ1) is 15.1. The molecule has 0 bridgehead atoms. The number of rotatable bonds is 1. The fourth-order valence-electron chi connectivity index (χ4n) is 3.71. The Morgan fingerprint density at radius 2 is 1.85 bits per heavy atom. The minimum atomic E-state index is -0.344. The van der Waals surface area contributed by atoms with Crippen molar-refractivity contribution in [3.8, 4) is 16.8 Å². The van der Waals surface area contributed by atoms with Crippen molar-refractivity contribution in [1.29, 1.82) is 0 Å². The Bertz CT molecular complexity index is 1180. The van der Waals surface area contributed by atoms with Crippen LogP contribution in [0.15, 0.2) is 42.7 Å². The fourth-order valence-corrected chi connectivity index (χ4v) is 3.71. The van der Waals surface area contributed by atoms with Crippen molar-refractivity contribution in [1.82, 2.24) is 19.7 Å². The summed E-state index contributed by atoms with van der Waals surface area (Å²) in [4.78, 5) is 4.17. The third kappa shape index (κ3) is 2.15. The summed E-state index contributed by atoms with van der Waals surface area (Å²) in [5.74, 6) is 0.918. The van der Waals surface area contributed by atoms with Crippen LogP contribution in [-0.4, -0.2) is 19.7 Å². The van der Waals surface area contributed by atoms with E-state index in [4.69, 9.17) is 0 Å². The van der Waals surface area contributed by atoms with Crippen molar-refractivity contribution in [2.45, 2.75) is 19.8 Å². The maximum Gasteiger partial charge on any atom is 0.137 e. The highest BCUT2D eigenvalue weighted by atomic mass is 19.1. The van der Waals surface area contributed by atoms with Crippen LogP contribution in [0.4, 0.5) is 8.78 Å². The van der Waals surface area contributed by atoms with Gasteiger partial charge in [-0.15, -0.1) is 10.2 Å². The lowest BCUT2D eigenvalue weighted by atomic mass is 9.94. The standard InChI is InChI=1S/C20H14F2N4/c1-11-24-25-20-5-2-12-7-16(18(22)8-19(12)26(11)20)17-10-23-9-13-6-14(21)3-4-15(13)17/h3-4,6-10H,2,5H2,1H3. The number of nitrogens with zero attached hydrogens (tertiary/aromatic N) is 4. The minimum Gasteiger partial charge on any atom is -0.283 e. The first-order valence-corrected chi connectivity index (χ1v) is 8.39. The zero-order chi connectivity index (χ0) is 17.8. The molecule has 0 unspecified atom stereocenters. The van der Waals surface area contributed by atoms with Crippen LogP contribution < -0.4 is 0 Å². The second-order valence-electron chi connectivity index (χ2n) is 6.51. The Morgan fingerprint density at radius 1 is 0.962 bits per heavy atom. The zero-order valence-corrected chi connectivity index (χ0v) is 14.0. The molecule has 6 heteroatoms. The van der Waals surface area contributed by atoms with Crippen LogP contribution in [0.25, 0.3) is 27.6 Å². The number of benzene rings is 2. The fraction of sp³-hybridized carbons (Fsp3) is 0.150. The quantitative estimate of drug-likeness (QED) is 0.519. The number of aromatic nitrogens is 4. The molecule has 2 aromatic carbocycles. The molecule has 0 amide bonds. The van der Waals surface area contributed by atoms with Gasteiger partial charge in [-0.25, -0.2) is 8.78 Å². The van der Waals surface area contributed by atoms with E-state index in [1.807, 2.05) is 17.6 Å². The monoisotopic (exact) mass is 348 g/mol. The molecule has 0 saturated heterocycles. The zero-order valence-electron chi connectivity index (χ0n) is 14.0. The molecule has 4 nitrogen and oxygen atoms in total. The number of pyridine rings is 1. The maximum atomic E-state index is 15.0. The molecular formula is C20H14F2N4. The molecule has 0 aliphatic carbocycles. The summed E-state index contributed by atoms with van der Waals surface area (Å²) >= 11 is 0. The van der Waals surface area contributed by atoms with Crippen LogP contribution >= 0.6 is 0 Å². The van der Waals surface area contributed by atoms with Gasteiger partial charge in [0.1, 0.15) is 23.3 Å². The van der Waals surface area contributed by atoms with Crippen LogP contribution in [0, 0.1) is 18.6 Å². The SMILES string of the molecule is Cc1nnc2n1-c1cc(F)c(-c3cncc4cc(F)ccc34)cc1CC2. The number of halogens is 2. The first-order valence-electron chi connectivity index (χ1n) is 8.39. The van der Waals surface area contributed by atoms with Gasteiger partial charge in [-0.05, 0) is 48.6 Å². The van der Waals surface area contributed by atoms with E-state index < -0.39 is 0 Å². The Hall–Kier alpha value is -3.15. The van der Waals surface area contributed by atoms with Crippen LogP contribution in [0.3, 0.4) is 0 Å². The van der Waals surface area contributed by atoms with E-state index in [9.17, 15) is 4.39 Å². The molecule has 0 atom stereocenters. The van der Waals surface area contributed by atoms with Gasteiger partial charge in [-0.1, -0.05) is 6.07 Å². The molecule has 26 heavy (non-hydrogen) atoms. The Morgan fingerprint density at radius 3 is 2.73 bits per heavy atom. The molecule has 0 radical (unpaired) electrons. The summed E-state index contributed by atoms with van der Waals surface area (Å²) in [7, 11) is 0. The summed E-state index contributed by atoms with van der Waals surface area (Å²) in [6.07, 6.45) is 4.75. The van der Waals surface area contributed by atoms with E-state index in [0.29, 0.717) is 16.5 Å². The van der Waals surface area contributed by atoms with E-state index in [1.165, 1.54) is 18.2 Å². The van der Waals surface area contributed by atoms with Crippen molar-refractivity contribution in [3.05, 3.63) is 71.6 Å². The second-order valence-corrected chi connectivity index (χ2v) is 6.51. The lowest BCUT2D eigenvalue weighted by Crippen LogP contribution is -2.14. The lowest BCUT2D eigenvalue weighted by molar-refractivity contribution is 0.626. The average Bonchev–Trinajstić information content (AvgIpc) is 3.02. The molecule has 0 fully saturated rings. The maximum absolute atomic E-state index is 15.0. The normalized spacial score (nSPS) is 12.9. The van der Waals surface area contributed by atoms with Crippen molar-refractivity contribution in [3.63, 3.8) is 0 Å².